The van der Waals surface area contributed by atoms with Crippen LogP contribution in [0.1, 0.15) is 49.1 Å². The van der Waals surface area contributed by atoms with E-state index in [0.29, 0.717) is 12.1 Å². The minimum absolute atomic E-state index is 0.127. The summed E-state index contributed by atoms with van der Waals surface area (Å²) in [5, 5.41) is 11.9. The monoisotopic (exact) mass is 319 g/mol. The molecule has 2 aromatic rings. The van der Waals surface area contributed by atoms with Gasteiger partial charge in [0.15, 0.2) is 0 Å². The van der Waals surface area contributed by atoms with Gasteiger partial charge in [0, 0.05) is 18.0 Å². The van der Waals surface area contributed by atoms with Crippen LogP contribution in [0, 0.1) is 0 Å². The van der Waals surface area contributed by atoms with Crippen LogP contribution in [-0.4, -0.2) is 34.7 Å². The Morgan fingerprint density at radius 1 is 0.875 bits per heavy atom. The second kappa shape index (κ2) is 5.18. The highest BCUT2D eigenvalue weighted by Gasteiger charge is 2.51. The lowest BCUT2D eigenvalue weighted by molar-refractivity contribution is -0.0908. The van der Waals surface area contributed by atoms with Crippen molar-refractivity contribution in [3.05, 3.63) is 59.7 Å². The number of aliphatic hydroxyl groups is 1. The summed E-state index contributed by atoms with van der Waals surface area (Å²) in [4.78, 5) is 2.53. The van der Waals surface area contributed by atoms with Crippen LogP contribution in [0.5, 0.6) is 0 Å². The molecule has 2 aromatic carbocycles. The van der Waals surface area contributed by atoms with E-state index >= 15 is 0 Å². The fraction of sp³-hybridized carbons (Fsp3) is 0.455. The summed E-state index contributed by atoms with van der Waals surface area (Å²) in [6.45, 7) is 0. The third-order valence-electron chi connectivity index (χ3n) is 6.78. The van der Waals surface area contributed by atoms with Crippen molar-refractivity contribution in [3.63, 3.8) is 0 Å². The van der Waals surface area contributed by atoms with E-state index in [4.69, 9.17) is 0 Å². The van der Waals surface area contributed by atoms with Crippen LogP contribution in [0.2, 0.25) is 0 Å². The summed E-state index contributed by atoms with van der Waals surface area (Å²) < 4.78 is 0. The molecular formula is C22H25NO. The Kier molecular flexibility index (Phi) is 3.17. The molecule has 5 rings (SSSR count). The minimum Gasteiger partial charge on any atom is -0.389 e. The fourth-order valence-corrected chi connectivity index (χ4v) is 5.66. The van der Waals surface area contributed by atoms with Gasteiger partial charge >= 0.3 is 0 Å². The first-order valence-electron chi connectivity index (χ1n) is 9.30. The first-order chi connectivity index (χ1) is 11.7. The molecule has 2 unspecified atom stereocenters. The van der Waals surface area contributed by atoms with Crippen molar-refractivity contribution in [2.24, 2.45) is 0 Å². The molecule has 0 amide bonds. The van der Waals surface area contributed by atoms with E-state index in [1.54, 1.807) is 0 Å². The quantitative estimate of drug-likeness (QED) is 0.852. The van der Waals surface area contributed by atoms with Crippen LogP contribution in [0.25, 0.3) is 11.1 Å². The Morgan fingerprint density at radius 2 is 1.38 bits per heavy atom. The van der Waals surface area contributed by atoms with Crippen LogP contribution >= 0.6 is 0 Å². The van der Waals surface area contributed by atoms with E-state index in [-0.39, 0.29) is 5.92 Å². The Labute approximate surface area is 144 Å². The lowest BCUT2D eigenvalue weighted by atomic mass is 9.67. The average molecular weight is 319 g/mol. The zero-order valence-electron chi connectivity index (χ0n) is 14.3. The summed E-state index contributed by atoms with van der Waals surface area (Å²) in [7, 11) is 2.25. The molecule has 0 saturated carbocycles. The third kappa shape index (κ3) is 1.96. The minimum atomic E-state index is -0.620. The van der Waals surface area contributed by atoms with Crippen molar-refractivity contribution in [2.75, 3.05) is 7.05 Å². The molecule has 0 radical (unpaired) electrons. The normalized spacial score (nSPS) is 32.4. The molecule has 124 valence electrons. The van der Waals surface area contributed by atoms with Gasteiger partial charge in [0.25, 0.3) is 0 Å². The number of benzene rings is 2. The predicted octanol–water partition coefficient (Wildman–Crippen LogP) is 4.18. The number of hydrogen-bond acceptors (Lipinski definition) is 2. The molecule has 2 heterocycles. The van der Waals surface area contributed by atoms with Crippen LogP contribution < -0.4 is 0 Å². The van der Waals surface area contributed by atoms with E-state index in [1.165, 1.54) is 41.5 Å². The predicted molar refractivity (Wildman–Crippen MR) is 97.1 cm³/mol. The molecule has 2 fully saturated rings. The van der Waals surface area contributed by atoms with Gasteiger partial charge in [0.2, 0.25) is 0 Å². The molecule has 2 atom stereocenters. The highest BCUT2D eigenvalue weighted by Crippen LogP contribution is 2.54. The van der Waals surface area contributed by atoms with Crippen molar-refractivity contribution in [2.45, 2.75) is 55.7 Å². The third-order valence-corrected chi connectivity index (χ3v) is 6.78. The smallest absolute Gasteiger partial charge is 0.0786 e. The van der Waals surface area contributed by atoms with Gasteiger partial charge in [0.05, 0.1) is 5.60 Å². The Bertz CT molecular complexity index is 724. The Morgan fingerprint density at radius 3 is 1.92 bits per heavy atom. The summed E-state index contributed by atoms with van der Waals surface area (Å²) in [5.41, 5.74) is 4.66. The second-order valence-electron chi connectivity index (χ2n) is 8.02. The van der Waals surface area contributed by atoms with E-state index in [1.807, 2.05) is 0 Å². The molecule has 1 aliphatic carbocycles. The molecule has 2 nitrogen and oxygen atoms in total. The first kappa shape index (κ1) is 14.7. The number of piperidine rings is 2. The number of hydrogen-bond donors (Lipinski definition) is 1. The molecule has 2 aliphatic heterocycles. The molecule has 2 saturated heterocycles. The SMILES string of the molecule is CN1C2CCCC1CC(O)(C1c3ccccc3-c3ccccc31)C2. The molecule has 24 heavy (non-hydrogen) atoms. The molecule has 0 aromatic heterocycles. The molecule has 2 bridgehead atoms. The molecule has 3 aliphatic rings. The maximum Gasteiger partial charge on any atom is 0.0786 e. The lowest BCUT2D eigenvalue weighted by Gasteiger charge is -2.52. The maximum atomic E-state index is 11.9. The average Bonchev–Trinajstić information content (AvgIpc) is 2.92. The van der Waals surface area contributed by atoms with Crippen LogP contribution in [-0.2, 0) is 0 Å². The number of nitrogens with zero attached hydrogens (tertiary/aromatic N) is 1. The zero-order chi connectivity index (χ0) is 16.3. The summed E-state index contributed by atoms with van der Waals surface area (Å²) in [5.74, 6) is 0.127. The van der Waals surface area contributed by atoms with Gasteiger partial charge in [0.1, 0.15) is 0 Å². The lowest BCUT2D eigenvalue weighted by Crippen LogP contribution is -2.58. The Balaban J connectivity index is 1.64. The zero-order valence-corrected chi connectivity index (χ0v) is 14.3. The molecular weight excluding hydrogens is 294 g/mol. The van der Waals surface area contributed by atoms with Crippen LogP contribution in [0.15, 0.2) is 48.5 Å². The van der Waals surface area contributed by atoms with E-state index in [9.17, 15) is 5.11 Å². The van der Waals surface area contributed by atoms with Crippen molar-refractivity contribution < 1.29 is 5.11 Å². The number of fused-ring (bicyclic) bond motifs is 5. The molecule has 2 heteroatoms. The van der Waals surface area contributed by atoms with Crippen molar-refractivity contribution >= 4 is 0 Å². The maximum absolute atomic E-state index is 11.9. The van der Waals surface area contributed by atoms with Gasteiger partial charge in [-0.25, -0.2) is 0 Å². The summed E-state index contributed by atoms with van der Waals surface area (Å²) >= 11 is 0. The van der Waals surface area contributed by atoms with Gasteiger partial charge < -0.3 is 10.0 Å². The molecule has 0 spiro atoms. The van der Waals surface area contributed by atoms with Gasteiger partial charge in [-0.2, -0.15) is 0 Å². The van der Waals surface area contributed by atoms with Crippen molar-refractivity contribution in [3.8, 4) is 11.1 Å². The van der Waals surface area contributed by atoms with Gasteiger partial charge in [-0.05, 0) is 55.0 Å². The topological polar surface area (TPSA) is 23.5 Å². The van der Waals surface area contributed by atoms with E-state index < -0.39 is 5.60 Å². The standard InChI is InChI=1S/C22H25NO/c1-23-15-7-6-8-16(23)14-22(24,13-15)21-19-11-4-2-9-17(19)18-10-3-5-12-20(18)21/h2-5,9-12,15-16,21,24H,6-8,13-14H2,1H3. The first-order valence-corrected chi connectivity index (χ1v) is 9.30. The van der Waals surface area contributed by atoms with Crippen molar-refractivity contribution in [1.82, 2.24) is 4.90 Å². The van der Waals surface area contributed by atoms with E-state index in [0.717, 1.165) is 12.8 Å². The van der Waals surface area contributed by atoms with E-state index in [2.05, 4.69) is 60.5 Å². The largest absolute Gasteiger partial charge is 0.389 e. The molecule has 1 N–H and O–H groups in total. The Hall–Kier alpha value is -1.64. The fourth-order valence-electron chi connectivity index (χ4n) is 5.66. The van der Waals surface area contributed by atoms with Gasteiger partial charge in [-0.15, -0.1) is 0 Å². The van der Waals surface area contributed by atoms with Crippen molar-refractivity contribution in [1.29, 1.82) is 0 Å². The van der Waals surface area contributed by atoms with Crippen LogP contribution in [0.3, 0.4) is 0 Å². The van der Waals surface area contributed by atoms with Gasteiger partial charge in [-0.1, -0.05) is 55.0 Å². The number of rotatable bonds is 1. The highest BCUT2D eigenvalue weighted by atomic mass is 16.3. The highest BCUT2D eigenvalue weighted by molar-refractivity contribution is 5.79. The summed E-state index contributed by atoms with van der Waals surface area (Å²) in [6, 6.07) is 18.4. The van der Waals surface area contributed by atoms with Crippen LogP contribution in [0.4, 0.5) is 0 Å². The second-order valence-corrected chi connectivity index (χ2v) is 8.02. The summed E-state index contributed by atoms with van der Waals surface area (Å²) in [6.07, 6.45) is 5.56. The van der Waals surface area contributed by atoms with Gasteiger partial charge in [-0.3, -0.25) is 0 Å².